The highest BCUT2D eigenvalue weighted by Gasteiger charge is 2.21. The molecule has 1 N–H and O–H groups in total. The maximum Gasteiger partial charge on any atom is 0.243 e. The Morgan fingerprint density at radius 1 is 1.50 bits per heavy atom. The van der Waals surface area contributed by atoms with Crippen molar-refractivity contribution in [3.05, 3.63) is 0 Å². The van der Waals surface area contributed by atoms with E-state index in [1.165, 1.54) is 19.3 Å². The fourth-order valence-corrected chi connectivity index (χ4v) is 1.92. The Kier molecular flexibility index (Phi) is 4.43. The van der Waals surface area contributed by atoms with Gasteiger partial charge < -0.3 is 10.3 Å². The lowest BCUT2D eigenvalue weighted by molar-refractivity contribution is -0.131. The maximum atomic E-state index is 11.6. The van der Waals surface area contributed by atoms with Crippen LogP contribution >= 0.6 is 0 Å². The Hall–Kier alpha value is -1.06. The lowest BCUT2D eigenvalue weighted by Gasteiger charge is -2.31. The molecular weight excluding hydrogens is 178 g/mol. The van der Waals surface area contributed by atoms with Gasteiger partial charge in [0.1, 0.15) is 6.54 Å². The summed E-state index contributed by atoms with van der Waals surface area (Å²) in [5.41, 5.74) is 2.59. The van der Waals surface area contributed by atoms with Crippen molar-refractivity contribution in [2.75, 3.05) is 13.6 Å². The molecule has 0 spiro atoms. The van der Waals surface area contributed by atoms with Crippen LogP contribution in [0, 0.1) is 0 Å². The topological polar surface area (TPSA) is 44.7 Å². The summed E-state index contributed by atoms with van der Waals surface area (Å²) in [4.78, 5) is 13.4. The monoisotopic (exact) mass is 197 g/mol. The van der Waals surface area contributed by atoms with Crippen molar-refractivity contribution < 1.29 is 4.79 Å². The van der Waals surface area contributed by atoms with E-state index < -0.39 is 0 Å². The minimum absolute atomic E-state index is 0.101. The van der Waals surface area contributed by atoms with Crippen LogP contribution in [0.3, 0.4) is 0 Å². The van der Waals surface area contributed by atoms with Crippen LogP contribution in [-0.4, -0.2) is 37.2 Å². The third-order valence-electron chi connectivity index (χ3n) is 2.86. The van der Waals surface area contributed by atoms with Gasteiger partial charge >= 0.3 is 0 Å². The van der Waals surface area contributed by atoms with E-state index in [0.29, 0.717) is 6.04 Å². The van der Waals surface area contributed by atoms with E-state index in [0.717, 1.165) is 12.8 Å². The number of rotatable bonds is 4. The lowest BCUT2D eigenvalue weighted by atomic mass is 9.94. The highest BCUT2D eigenvalue weighted by molar-refractivity contribution is 5.78. The summed E-state index contributed by atoms with van der Waals surface area (Å²) in [6.45, 7) is 3.53. The van der Waals surface area contributed by atoms with Crippen molar-refractivity contribution >= 4 is 12.6 Å². The van der Waals surface area contributed by atoms with Crippen LogP contribution in [-0.2, 0) is 4.79 Å². The number of nitrogens with one attached hydrogen (secondary N) is 1. The Morgan fingerprint density at radius 3 is 2.71 bits per heavy atom. The SMILES string of the molecule is C=NNCC(=O)N(C)C1CCCCC1. The third-order valence-corrected chi connectivity index (χ3v) is 2.86. The molecule has 4 nitrogen and oxygen atoms in total. The molecule has 0 unspecified atom stereocenters. The zero-order chi connectivity index (χ0) is 10.4. The van der Waals surface area contributed by atoms with Gasteiger partial charge in [0.15, 0.2) is 0 Å². The van der Waals surface area contributed by atoms with Gasteiger partial charge in [-0.2, -0.15) is 5.10 Å². The molecule has 0 heterocycles. The average molecular weight is 197 g/mol. The summed E-state index contributed by atoms with van der Waals surface area (Å²) in [5, 5.41) is 3.46. The molecule has 0 aromatic rings. The zero-order valence-corrected chi connectivity index (χ0v) is 8.83. The van der Waals surface area contributed by atoms with Gasteiger partial charge in [-0.1, -0.05) is 19.3 Å². The average Bonchev–Trinajstić information content (AvgIpc) is 2.26. The molecule has 0 atom stereocenters. The summed E-state index contributed by atoms with van der Waals surface area (Å²) < 4.78 is 0. The quantitative estimate of drug-likeness (QED) is 0.539. The molecule has 0 bridgehead atoms. The minimum atomic E-state index is 0.101. The first kappa shape index (κ1) is 11.0. The molecule has 0 aromatic heterocycles. The number of nitrogens with zero attached hydrogens (tertiary/aromatic N) is 2. The summed E-state index contributed by atoms with van der Waals surface area (Å²) in [6.07, 6.45) is 6.09. The summed E-state index contributed by atoms with van der Waals surface area (Å²) >= 11 is 0. The van der Waals surface area contributed by atoms with Gasteiger partial charge in [0.2, 0.25) is 5.91 Å². The highest BCUT2D eigenvalue weighted by atomic mass is 16.2. The number of hydrazone groups is 1. The van der Waals surface area contributed by atoms with Gasteiger partial charge in [-0.3, -0.25) is 4.79 Å². The van der Waals surface area contributed by atoms with E-state index in [9.17, 15) is 4.79 Å². The lowest BCUT2D eigenvalue weighted by Crippen LogP contribution is -2.42. The Morgan fingerprint density at radius 2 is 2.14 bits per heavy atom. The number of hydrogen-bond donors (Lipinski definition) is 1. The van der Waals surface area contributed by atoms with Gasteiger partial charge in [0.25, 0.3) is 0 Å². The normalized spacial score (nSPS) is 17.5. The first-order valence-corrected chi connectivity index (χ1v) is 5.20. The zero-order valence-electron chi connectivity index (χ0n) is 8.83. The van der Waals surface area contributed by atoms with Gasteiger partial charge in [0, 0.05) is 19.8 Å². The highest BCUT2D eigenvalue weighted by Crippen LogP contribution is 2.21. The van der Waals surface area contributed by atoms with Gasteiger partial charge in [0.05, 0.1) is 0 Å². The van der Waals surface area contributed by atoms with Crippen molar-refractivity contribution in [1.29, 1.82) is 0 Å². The van der Waals surface area contributed by atoms with Crippen LogP contribution < -0.4 is 5.43 Å². The molecule has 1 aliphatic rings. The van der Waals surface area contributed by atoms with E-state index in [4.69, 9.17) is 0 Å². The molecule has 1 fully saturated rings. The van der Waals surface area contributed by atoms with E-state index >= 15 is 0 Å². The molecule has 0 radical (unpaired) electrons. The molecule has 80 valence electrons. The molecule has 1 saturated carbocycles. The Bertz CT molecular complexity index is 200. The molecule has 14 heavy (non-hydrogen) atoms. The predicted octanol–water partition coefficient (Wildman–Crippen LogP) is 0.983. The van der Waals surface area contributed by atoms with Crippen LogP contribution in [0.15, 0.2) is 5.10 Å². The van der Waals surface area contributed by atoms with Gasteiger partial charge in [-0.05, 0) is 12.8 Å². The standard InChI is InChI=1S/C10H19N3O/c1-11-12-8-10(14)13(2)9-6-4-3-5-7-9/h9,12H,1,3-8H2,2H3. The molecule has 1 aliphatic carbocycles. The van der Waals surface area contributed by atoms with Crippen LogP contribution in [0.5, 0.6) is 0 Å². The molecule has 1 rings (SSSR count). The predicted molar refractivity (Wildman–Crippen MR) is 57.2 cm³/mol. The molecule has 1 amide bonds. The second-order valence-electron chi connectivity index (χ2n) is 3.79. The van der Waals surface area contributed by atoms with E-state index in [1.807, 2.05) is 11.9 Å². The van der Waals surface area contributed by atoms with Crippen LogP contribution in [0.1, 0.15) is 32.1 Å². The summed E-state index contributed by atoms with van der Waals surface area (Å²) in [5.74, 6) is 0.101. The Labute approximate surface area is 85.4 Å². The number of carbonyl (C=O) groups is 1. The summed E-state index contributed by atoms with van der Waals surface area (Å²) in [7, 11) is 1.88. The molecule has 0 saturated heterocycles. The molecule has 4 heteroatoms. The van der Waals surface area contributed by atoms with E-state index in [2.05, 4.69) is 17.2 Å². The number of carbonyl (C=O) groups excluding carboxylic acids is 1. The van der Waals surface area contributed by atoms with Crippen molar-refractivity contribution in [3.63, 3.8) is 0 Å². The van der Waals surface area contributed by atoms with Crippen LogP contribution in [0.4, 0.5) is 0 Å². The van der Waals surface area contributed by atoms with Crippen LogP contribution in [0.2, 0.25) is 0 Å². The second kappa shape index (κ2) is 5.62. The minimum Gasteiger partial charge on any atom is -0.341 e. The Balaban J connectivity index is 2.33. The molecule has 0 aromatic carbocycles. The van der Waals surface area contributed by atoms with Crippen molar-refractivity contribution in [1.82, 2.24) is 10.3 Å². The number of hydrogen-bond acceptors (Lipinski definition) is 3. The first-order valence-electron chi connectivity index (χ1n) is 5.20. The molecular formula is C10H19N3O. The van der Waals surface area contributed by atoms with E-state index in [1.54, 1.807) is 0 Å². The number of likely N-dealkylation sites (N-methyl/N-ethyl adjacent to an activating group) is 1. The largest absolute Gasteiger partial charge is 0.341 e. The number of amides is 1. The maximum absolute atomic E-state index is 11.6. The third kappa shape index (κ3) is 3.01. The first-order chi connectivity index (χ1) is 6.75. The van der Waals surface area contributed by atoms with E-state index in [-0.39, 0.29) is 12.5 Å². The fourth-order valence-electron chi connectivity index (χ4n) is 1.92. The van der Waals surface area contributed by atoms with Gasteiger partial charge in [-0.15, -0.1) is 0 Å². The second-order valence-corrected chi connectivity index (χ2v) is 3.79. The van der Waals surface area contributed by atoms with Gasteiger partial charge in [-0.25, -0.2) is 0 Å². The van der Waals surface area contributed by atoms with Crippen molar-refractivity contribution in [2.45, 2.75) is 38.1 Å². The smallest absolute Gasteiger partial charge is 0.243 e. The molecule has 0 aliphatic heterocycles. The summed E-state index contributed by atoms with van der Waals surface area (Å²) in [6, 6.07) is 0.433. The van der Waals surface area contributed by atoms with Crippen molar-refractivity contribution in [3.8, 4) is 0 Å². The fraction of sp³-hybridized carbons (Fsp3) is 0.800. The van der Waals surface area contributed by atoms with Crippen molar-refractivity contribution in [2.24, 2.45) is 5.10 Å². The van der Waals surface area contributed by atoms with Crippen LogP contribution in [0.25, 0.3) is 0 Å².